The SMILES string of the molecule is CC(F)c1c(F)cccc1CCCN. The van der Waals surface area contributed by atoms with Gasteiger partial charge in [0.15, 0.2) is 0 Å². The molecule has 1 unspecified atom stereocenters. The third kappa shape index (κ3) is 2.51. The second-order valence-corrected chi connectivity index (χ2v) is 3.32. The van der Waals surface area contributed by atoms with Crippen LogP contribution >= 0.6 is 0 Å². The van der Waals surface area contributed by atoms with E-state index in [9.17, 15) is 8.78 Å². The molecule has 0 aliphatic rings. The Kier molecular flexibility index (Phi) is 4.01. The molecule has 0 saturated carbocycles. The molecule has 3 heteroatoms. The number of aryl methyl sites for hydroxylation is 1. The van der Waals surface area contributed by atoms with Crippen LogP contribution in [0.1, 0.15) is 30.6 Å². The molecule has 1 atom stereocenters. The zero-order valence-corrected chi connectivity index (χ0v) is 8.26. The Balaban J connectivity index is 2.96. The highest BCUT2D eigenvalue weighted by Crippen LogP contribution is 2.25. The standard InChI is InChI=1S/C11H15F2N/c1-8(12)11-9(5-3-7-14)4-2-6-10(11)13/h2,4,6,8H,3,5,7,14H2,1H3. The molecule has 0 radical (unpaired) electrons. The summed E-state index contributed by atoms with van der Waals surface area (Å²) < 4.78 is 26.4. The quantitative estimate of drug-likeness (QED) is 0.792. The molecule has 1 aromatic rings. The van der Waals surface area contributed by atoms with Crippen molar-refractivity contribution in [1.29, 1.82) is 0 Å². The van der Waals surface area contributed by atoms with Gasteiger partial charge in [0, 0.05) is 5.56 Å². The lowest BCUT2D eigenvalue weighted by Gasteiger charge is -2.10. The van der Waals surface area contributed by atoms with Crippen molar-refractivity contribution in [2.75, 3.05) is 6.54 Å². The van der Waals surface area contributed by atoms with Gasteiger partial charge in [-0.3, -0.25) is 0 Å². The number of alkyl halides is 1. The van der Waals surface area contributed by atoms with E-state index in [0.717, 1.165) is 12.0 Å². The van der Waals surface area contributed by atoms with Crippen LogP contribution in [-0.2, 0) is 6.42 Å². The van der Waals surface area contributed by atoms with Crippen LogP contribution in [-0.4, -0.2) is 6.54 Å². The van der Waals surface area contributed by atoms with Crippen LogP contribution in [0.2, 0.25) is 0 Å². The second kappa shape index (κ2) is 5.05. The molecular formula is C11H15F2N. The van der Waals surface area contributed by atoms with E-state index in [-0.39, 0.29) is 5.56 Å². The van der Waals surface area contributed by atoms with Crippen molar-refractivity contribution in [2.24, 2.45) is 5.73 Å². The van der Waals surface area contributed by atoms with Crippen LogP contribution in [0.3, 0.4) is 0 Å². The summed E-state index contributed by atoms with van der Waals surface area (Å²) in [7, 11) is 0. The van der Waals surface area contributed by atoms with Gasteiger partial charge in [-0.25, -0.2) is 8.78 Å². The van der Waals surface area contributed by atoms with Gasteiger partial charge in [0.05, 0.1) is 0 Å². The van der Waals surface area contributed by atoms with Crippen LogP contribution in [0.5, 0.6) is 0 Å². The lowest BCUT2D eigenvalue weighted by atomic mass is 9.99. The van der Waals surface area contributed by atoms with Gasteiger partial charge in [-0.1, -0.05) is 12.1 Å². The Hall–Kier alpha value is -0.960. The lowest BCUT2D eigenvalue weighted by molar-refractivity contribution is 0.358. The molecule has 1 nitrogen and oxygen atoms in total. The van der Waals surface area contributed by atoms with Crippen molar-refractivity contribution in [2.45, 2.75) is 25.9 Å². The predicted octanol–water partition coefficient (Wildman–Crippen LogP) is 2.75. The highest BCUT2D eigenvalue weighted by molar-refractivity contribution is 5.30. The normalized spacial score (nSPS) is 12.9. The first kappa shape index (κ1) is 11.1. The summed E-state index contributed by atoms with van der Waals surface area (Å²) in [5.41, 5.74) is 6.26. The van der Waals surface area contributed by atoms with E-state index < -0.39 is 12.0 Å². The summed E-state index contributed by atoms with van der Waals surface area (Å²) in [6.45, 7) is 1.89. The summed E-state index contributed by atoms with van der Waals surface area (Å²) in [6, 6.07) is 4.65. The van der Waals surface area contributed by atoms with Crippen molar-refractivity contribution in [1.82, 2.24) is 0 Å². The zero-order valence-electron chi connectivity index (χ0n) is 8.26. The summed E-state index contributed by atoms with van der Waals surface area (Å²) in [6.07, 6.45) is 0.130. The van der Waals surface area contributed by atoms with Crippen LogP contribution in [0.4, 0.5) is 8.78 Å². The van der Waals surface area contributed by atoms with Gasteiger partial charge in [-0.15, -0.1) is 0 Å². The molecule has 1 aromatic carbocycles. The summed E-state index contributed by atoms with van der Waals surface area (Å²) in [5.74, 6) is -0.463. The van der Waals surface area contributed by atoms with E-state index in [1.807, 2.05) is 0 Å². The van der Waals surface area contributed by atoms with E-state index in [4.69, 9.17) is 5.73 Å². The highest BCUT2D eigenvalue weighted by atomic mass is 19.1. The van der Waals surface area contributed by atoms with Gasteiger partial charge in [-0.2, -0.15) is 0 Å². The molecular weight excluding hydrogens is 184 g/mol. The fourth-order valence-corrected chi connectivity index (χ4v) is 1.54. The third-order valence-corrected chi connectivity index (χ3v) is 2.19. The molecule has 78 valence electrons. The maximum Gasteiger partial charge on any atom is 0.129 e. The van der Waals surface area contributed by atoms with Crippen LogP contribution in [0.25, 0.3) is 0 Å². The molecule has 0 saturated heterocycles. The maximum atomic E-state index is 13.3. The summed E-state index contributed by atoms with van der Waals surface area (Å²) >= 11 is 0. The molecule has 0 aromatic heterocycles. The number of hydrogen-bond acceptors (Lipinski definition) is 1. The Morgan fingerprint density at radius 3 is 2.71 bits per heavy atom. The molecule has 0 aliphatic heterocycles. The maximum absolute atomic E-state index is 13.3. The van der Waals surface area contributed by atoms with Crippen LogP contribution in [0.15, 0.2) is 18.2 Å². The molecule has 0 heterocycles. The van der Waals surface area contributed by atoms with E-state index in [1.165, 1.54) is 13.0 Å². The van der Waals surface area contributed by atoms with Gasteiger partial charge in [0.1, 0.15) is 12.0 Å². The Morgan fingerprint density at radius 1 is 1.43 bits per heavy atom. The first-order valence-corrected chi connectivity index (χ1v) is 4.78. The second-order valence-electron chi connectivity index (χ2n) is 3.32. The van der Waals surface area contributed by atoms with Crippen LogP contribution < -0.4 is 5.73 Å². The minimum Gasteiger partial charge on any atom is -0.330 e. The highest BCUT2D eigenvalue weighted by Gasteiger charge is 2.13. The van der Waals surface area contributed by atoms with Crippen molar-refractivity contribution in [3.05, 3.63) is 35.1 Å². The van der Waals surface area contributed by atoms with Gasteiger partial charge in [0.2, 0.25) is 0 Å². The molecule has 0 amide bonds. The van der Waals surface area contributed by atoms with Crippen LogP contribution in [0, 0.1) is 5.82 Å². The molecule has 0 bridgehead atoms. The summed E-state index contributed by atoms with van der Waals surface area (Å²) in [4.78, 5) is 0. The first-order chi connectivity index (χ1) is 6.66. The van der Waals surface area contributed by atoms with Crippen molar-refractivity contribution in [3.63, 3.8) is 0 Å². The van der Waals surface area contributed by atoms with Crippen molar-refractivity contribution < 1.29 is 8.78 Å². The minimum atomic E-state index is -1.26. The molecule has 2 N–H and O–H groups in total. The molecule has 0 aliphatic carbocycles. The monoisotopic (exact) mass is 199 g/mol. The average molecular weight is 199 g/mol. The van der Waals surface area contributed by atoms with E-state index in [2.05, 4.69) is 0 Å². The van der Waals surface area contributed by atoms with Gasteiger partial charge in [-0.05, 0) is 37.9 Å². The first-order valence-electron chi connectivity index (χ1n) is 4.78. The van der Waals surface area contributed by atoms with E-state index >= 15 is 0 Å². The lowest BCUT2D eigenvalue weighted by Crippen LogP contribution is -2.04. The van der Waals surface area contributed by atoms with Gasteiger partial charge >= 0.3 is 0 Å². The Labute approximate surface area is 82.9 Å². The average Bonchev–Trinajstić information content (AvgIpc) is 2.14. The van der Waals surface area contributed by atoms with E-state index in [1.54, 1.807) is 12.1 Å². The van der Waals surface area contributed by atoms with Gasteiger partial charge < -0.3 is 5.73 Å². The number of halogens is 2. The third-order valence-electron chi connectivity index (χ3n) is 2.19. The Bertz CT molecular complexity index is 297. The number of nitrogens with two attached hydrogens (primary N) is 1. The van der Waals surface area contributed by atoms with E-state index in [0.29, 0.717) is 13.0 Å². The topological polar surface area (TPSA) is 26.0 Å². The predicted molar refractivity (Wildman–Crippen MR) is 53.3 cm³/mol. The van der Waals surface area contributed by atoms with Crippen molar-refractivity contribution in [3.8, 4) is 0 Å². The number of benzene rings is 1. The molecule has 0 spiro atoms. The molecule has 0 fully saturated rings. The Morgan fingerprint density at radius 2 is 2.14 bits per heavy atom. The van der Waals surface area contributed by atoms with Crippen molar-refractivity contribution >= 4 is 0 Å². The smallest absolute Gasteiger partial charge is 0.129 e. The largest absolute Gasteiger partial charge is 0.330 e. The minimum absolute atomic E-state index is 0.181. The number of rotatable bonds is 4. The number of hydrogen-bond donors (Lipinski definition) is 1. The fraction of sp³-hybridized carbons (Fsp3) is 0.455. The fourth-order valence-electron chi connectivity index (χ4n) is 1.54. The van der Waals surface area contributed by atoms with Gasteiger partial charge in [0.25, 0.3) is 0 Å². The zero-order chi connectivity index (χ0) is 10.6. The summed E-state index contributed by atoms with van der Waals surface area (Å²) in [5, 5.41) is 0. The molecule has 1 rings (SSSR count). The molecule has 14 heavy (non-hydrogen) atoms.